The van der Waals surface area contributed by atoms with Gasteiger partial charge < -0.3 is 28.4 Å². The number of amides is 2. The third-order valence-electron chi connectivity index (χ3n) is 7.30. The van der Waals surface area contributed by atoms with Crippen LogP contribution in [0.4, 0.5) is 15.3 Å². The number of hydrogen-bond acceptors (Lipinski definition) is 9. The van der Waals surface area contributed by atoms with Crippen molar-refractivity contribution in [2.24, 2.45) is 0 Å². The van der Waals surface area contributed by atoms with Gasteiger partial charge in [-0.15, -0.1) is 0 Å². The molecule has 2 heterocycles. The van der Waals surface area contributed by atoms with Crippen molar-refractivity contribution in [3.05, 3.63) is 47.5 Å². The number of ether oxygens (including phenoxy) is 6. The summed E-state index contributed by atoms with van der Waals surface area (Å²) in [6, 6.07) is 9.70. The predicted octanol–water partition coefficient (Wildman–Crippen LogP) is 5.26. The van der Waals surface area contributed by atoms with Crippen molar-refractivity contribution in [2.45, 2.75) is 76.8 Å². The molecule has 1 fully saturated rings. The fourth-order valence-electron chi connectivity index (χ4n) is 5.93. The van der Waals surface area contributed by atoms with Crippen LogP contribution in [0.1, 0.15) is 59.1 Å². The molecule has 0 aromatic heterocycles. The molecule has 0 bridgehead atoms. The van der Waals surface area contributed by atoms with Gasteiger partial charge in [0.2, 0.25) is 5.75 Å². The monoisotopic (exact) mass is 584 g/mol. The Hall–Kier alpha value is -4.15. The Labute approximate surface area is 246 Å². The first-order valence-corrected chi connectivity index (χ1v) is 13.7. The summed E-state index contributed by atoms with van der Waals surface area (Å²) in [5.74, 6) is 0.421. The molecular weight excluding hydrogens is 544 g/mol. The van der Waals surface area contributed by atoms with E-state index in [0.717, 1.165) is 0 Å². The summed E-state index contributed by atoms with van der Waals surface area (Å²) in [6.45, 7) is 10.5. The van der Waals surface area contributed by atoms with Crippen LogP contribution in [-0.4, -0.2) is 74.9 Å². The zero-order valence-electron chi connectivity index (χ0n) is 25.9. The van der Waals surface area contributed by atoms with Crippen molar-refractivity contribution in [3.8, 4) is 17.2 Å². The van der Waals surface area contributed by atoms with Crippen molar-refractivity contribution in [1.29, 1.82) is 0 Å². The predicted molar refractivity (Wildman–Crippen MR) is 154 cm³/mol. The maximum Gasteiger partial charge on any atom is 0.416 e. The number of carbonyl (C=O) groups is 3. The number of carbonyl (C=O) groups excluding carboxylic acids is 3. The molecule has 2 aliphatic heterocycles. The number of benzene rings is 2. The molecule has 4 rings (SSSR count). The summed E-state index contributed by atoms with van der Waals surface area (Å²) in [6.07, 6.45) is -2.53. The first-order valence-electron chi connectivity index (χ1n) is 13.7. The van der Waals surface area contributed by atoms with Crippen LogP contribution < -0.4 is 19.1 Å². The van der Waals surface area contributed by atoms with Crippen LogP contribution in [0.5, 0.6) is 17.2 Å². The van der Waals surface area contributed by atoms with E-state index in [1.807, 2.05) is 12.1 Å². The Morgan fingerprint density at radius 2 is 1.36 bits per heavy atom. The Bertz CT molecular complexity index is 1380. The van der Waals surface area contributed by atoms with Gasteiger partial charge in [-0.2, -0.15) is 0 Å². The Balaban J connectivity index is 2.11. The molecule has 2 aromatic carbocycles. The van der Waals surface area contributed by atoms with Gasteiger partial charge in [0.1, 0.15) is 23.4 Å². The van der Waals surface area contributed by atoms with Gasteiger partial charge in [-0.25, -0.2) is 14.4 Å². The van der Waals surface area contributed by atoms with Gasteiger partial charge in [-0.1, -0.05) is 24.3 Å². The van der Waals surface area contributed by atoms with E-state index >= 15 is 0 Å². The number of nitrogens with zero attached hydrogens (tertiary/aromatic N) is 2. The second kappa shape index (κ2) is 10.9. The van der Waals surface area contributed by atoms with Crippen LogP contribution in [-0.2, 0) is 24.4 Å². The van der Waals surface area contributed by atoms with Crippen LogP contribution in [0.2, 0.25) is 0 Å². The first kappa shape index (κ1) is 30.8. The number of para-hydroxylation sites is 1. The molecule has 0 unspecified atom stereocenters. The van der Waals surface area contributed by atoms with Crippen LogP contribution in [0.3, 0.4) is 0 Å². The zero-order valence-corrected chi connectivity index (χ0v) is 25.9. The SMILES string of the molecule is COC(=O)[C@@H]1C[C@@]2(c3ccc(OC)c(OC)c3OC)c3ccccc3N(C(=O)OC(C)(C)C)[C@H]2N1C(=O)OC(C)(C)C. The third kappa shape index (κ3) is 5.05. The van der Waals surface area contributed by atoms with E-state index in [9.17, 15) is 14.4 Å². The average molecular weight is 585 g/mol. The van der Waals surface area contributed by atoms with Gasteiger partial charge in [0.25, 0.3) is 0 Å². The molecule has 0 N–H and O–H groups in total. The quantitative estimate of drug-likeness (QED) is 0.343. The minimum absolute atomic E-state index is 0.0474. The summed E-state index contributed by atoms with van der Waals surface area (Å²) < 4.78 is 34.1. The van der Waals surface area contributed by atoms with Crippen LogP contribution >= 0.6 is 0 Å². The highest BCUT2D eigenvalue weighted by Gasteiger charge is 2.67. The number of hydrogen-bond donors (Lipinski definition) is 0. The molecule has 11 heteroatoms. The molecule has 3 atom stereocenters. The second-order valence-corrected chi connectivity index (χ2v) is 12.2. The van der Waals surface area contributed by atoms with E-state index in [0.29, 0.717) is 34.1 Å². The number of fused-ring (bicyclic) bond motifs is 3. The van der Waals surface area contributed by atoms with Crippen LogP contribution in [0, 0.1) is 0 Å². The van der Waals surface area contributed by atoms with Gasteiger partial charge in [0.05, 0.1) is 39.5 Å². The van der Waals surface area contributed by atoms with Crippen molar-refractivity contribution < 1.29 is 42.8 Å². The highest BCUT2D eigenvalue weighted by molar-refractivity contribution is 5.97. The molecule has 0 spiro atoms. The second-order valence-electron chi connectivity index (χ2n) is 12.2. The van der Waals surface area contributed by atoms with Crippen LogP contribution in [0.15, 0.2) is 36.4 Å². The molecule has 0 radical (unpaired) electrons. The topological polar surface area (TPSA) is 113 Å². The van der Waals surface area contributed by atoms with Gasteiger partial charge in [-0.05, 0) is 65.7 Å². The normalized spacial score (nSPS) is 21.3. The summed E-state index contributed by atoms with van der Waals surface area (Å²) in [5, 5.41) is 0. The van der Waals surface area contributed by atoms with E-state index in [4.69, 9.17) is 28.4 Å². The fraction of sp³-hybridized carbons (Fsp3) is 0.516. The van der Waals surface area contributed by atoms with E-state index in [-0.39, 0.29) is 6.42 Å². The number of rotatable bonds is 5. The highest BCUT2D eigenvalue weighted by atomic mass is 16.6. The smallest absolute Gasteiger partial charge is 0.416 e. The molecule has 2 amide bonds. The van der Waals surface area contributed by atoms with Gasteiger partial charge in [0.15, 0.2) is 11.5 Å². The van der Waals surface area contributed by atoms with Gasteiger partial charge in [0, 0.05) is 5.56 Å². The molecule has 0 saturated carbocycles. The van der Waals surface area contributed by atoms with Crippen molar-refractivity contribution in [3.63, 3.8) is 0 Å². The molecule has 42 heavy (non-hydrogen) atoms. The number of likely N-dealkylation sites (tertiary alicyclic amines) is 1. The molecular formula is C31H40N2O9. The maximum atomic E-state index is 14.1. The molecule has 228 valence electrons. The lowest BCUT2D eigenvalue weighted by Crippen LogP contribution is -2.58. The van der Waals surface area contributed by atoms with E-state index in [2.05, 4.69) is 0 Å². The number of anilines is 1. The van der Waals surface area contributed by atoms with Crippen LogP contribution in [0.25, 0.3) is 0 Å². The number of methoxy groups -OCH3 is 4. The molecule has 1 saturated heterocycles. The standard InChI is InChI=1S/C31H40N2O9/c1-29(2,3)41-27(35)32-20-14-12-11-13-18(20)31(19-15-16-22(37-7)24(39-9)23(19)38-8)17-21(25(34)40-10)33(26(31)32)28(36)42-30(4,5)6/h11-16,21,26H,17H2,1-10H3/t21-,26-,31-/m0/s1. The fourth-order valence-corrected chi connectivity index (χ4v) is 5.93. The van der Waals surface area contributed by atoms with Crippen molar-refractivity contribution >= 4 is 23.8 Å². The molecule has 11 nitrogen and oxygen atoms in total. The average Bonchev–Trinajstić information content (AvgIpc) is 3.40. The van der Waals surface area contributed by atoms with E-state index in [1.54, 1.807) is 65.8 Å². The van der Waals surface area contributed by atoms with Gasteiger partial charge >= 0.3 is 18.2 Å². The van der Waals surface area contributed by atoms with Gasteiger partial charge in [-0.3, -0.25) is 9.80 Å². The minimum Gasteiger partial charge on any atom is -0.493 e. The van der Waals surface area contributed by atoms with Crippen molar-refractivity contribution in [1.82, 2.24) is 4.90 Å². The highest BCUT2D eigenvalue weighted by Crippen LogP contribution is 2.61. The molecule has 2 aromatic rings. The summed E-state index contributed by atoms with van der Waals surface area (Å²) in [5.41, 5.74) is -1.17. The summed E-state index contributed by atoms with van der Waals surface area (Å²) >= 11 is 0. The lowest BCUT2D eigenvalue weighted by Gasteiger charge is -2.39. The third-order valence-corrected chi connectivity index (χ3v) is 7.30. The summed E-state index contributed by atoms with van der Waals surface area (Å²) in [4.78, 5) is 44.2. The Kier molecular flexibility index (Phi) is 8.01. The van der Waals surface area contributed by atoms with E-state index in [1.165, 1.54) is 38.2 Å². The minimum atomic E-state index is -1.20. The van der Waals surface area contributed by atoms with E-state index < -0.39 is 47.0 Å². The first-order chi connectivity index (χ1) is 19.6. The van der Waals surface area contributed by atoms with Crippen molar-refractivity contribution in [2.75, 3.05) is 33.3 Å². The number of esters is 1. The Morgan fingerprint density at radius 1 is 0.762 bits per heavy atom. The maximum absolute atomic E-state index is 14.1. The zero-order chi connectivity index (χ0) is 31.2. The summed E-state index contributed by atoms with van der Waals surface area (Å²) in [7, 11) is 5.76. The largest absolute Gasteiger partial charge is 0.493 e. The molecule has 0 aliphatic carbocycles. The lowest BCUT2D eigenvalue weighted by molar-refractivity contribution is -0.146. The lowest BCUT2D eigenvalue weighted by atomic mass is 9.72. The Morgan fingerprint density at radius 3 is 1.90 bits per heavy atom. The molecule has 2 aliphatic rings.